The van der Waals surface area contributed by atoms with Crippen molar-refractivity contribution in [2.45, 2.75) is 18.2 Å². The molecule has 0 bridgehead atoms. The van der Waals surface area contributed by atoms with Crippen LogP contribution < -0.4 is 5.32 Å². The summed E-state index contributed by atoms with van der Waals surface area (Å²) in [6, 6.07) is 25.1. The van der Waals surface area contributed by atoms with E-state index in [4.69, 9.17) is 9.72 Å². The minimum Gasteiger partial charge on any atom is -0.465 e. The summed E-state index contributed by atoms with van der Waals surface area (Å²) in [5.74, 6) is -0.125. The third-order valence-electron chi connectivity index (χ3n) is 5.00. The summed E-state index contributed by atoms with van der Waals surface area (Å²) in [5.41, 5.74) is 4.48. The fourth-order valence-corrected chi connectivity index (χ4v) is 4.18. The van der Waals surface area contributed by atoms with E-state index in [1.54, 1.807) is 12.1 Å². The van der Waals surface area contributed by atoms with Gasteiger partial charge in [0.2, 0.25) is 5.91 Å². The number of hydrogen-bond donors (Lipinski definition) is 1. The highest BCUT2D eigenvalue weighted by atomic mass is 32.2. The van der Waals surface area contributed by atoms with Gasteiger partial charge in [-0.05, 0) is 35.4 Å². The molecule has 0 unspecified atom stereocenters. The molecule has 1 N–H and O–H groups in total. The van der Waals surface area contributed by atoms with Gasteiger partial charge in [-0.15, -0.1) is 0 Å². The van der Waals surface area contributed by atoms with Gasteiger partial charge in [-0.1, -0.05) is 66.4 Å². The molecule has 7 heteroatoms. The summed E-state index contributed by atoms with van der Waals surface area (Å²) in [7, 11) is 1.37. The van der Waals surface area contributed by atoms with Gasteiger partial charge in [0.05, 0.1) is 36.0 Å². The van der Waals surface area contributed by atoms with Gasteiger partial charge >= 0.3 is 5.97 Å². The number of aromatic nitrogens is 2. The Labute approximate surface area is 190 Å². The number of methoxy groups -OCH3 is 1. The van der Waals surface area contributed by atoms with Gasteiger partial charge in [-0.25, -0.2) is 9.78 Å². The van der Waals surface area contributed by atoms with Gasteiger partial charge in [0.1, 0.15) is 0 Å². The van der Waals surface area contributed by atoms with Crippen molar-refractivity contribution in [1.29, 1.82) is 0 Å². The molecule has 4 rings (SSSR count). The van der Waals surface area contributed by atoms with Crippen LogP contribution in [0.25, 0.3) is 11.0 Å². The number of carbonyl (C=O) groups is 2. The highest BCUT2D eigenvalue weighted by Gasteiger charge is 2.14. The molecule has 6 nitrogen and oxygen atoms in total. The lowest BCUT2D eigenvalue weighted by Crippen LogP contribution is -2.24. The molecule has 0 radical (unpaired) electrons. The number of imidazole rings is 1. The van der Waals surface area contributed by atoms with Crippen molar-refractivity contribution in [2.24, 2.45) is 0 Å². The normalized spacial score (nSPS) is 10.8. The van der Waals surface area contributed by atoms with E-state index < -0.39 is 0 Å². The maximum absolute atomic E-state index is 12.4. The number of amides is 1. The molecule has 0 aliphatic heterocycles. The van der Waals surface area contributed by atoms with E-state index in [1.165, 1.54) is 18.9 Å². The Hall–Kier alpha value is -3.58. The van der Waals surface area contributed by atoms with Crippen molar-refractivity contribution in [3.63, 3.8) is 0 Å². The van der Waals surface area contributed by atoms with E-state index >= 15 is 0 Å². The van der Waals surface area contributed by atoms with Crippen LogP contribution in [0.3, 0.4) is 0 Å². The van der Waals surface area contributed by atoms with Gasteiger partial charge in [0, 0.05) is 6.54 Å². The number of nitrogens with zero attached hydrogens (tertiary/aromatic N) is 2. The number of para-hydroxylation sites is 2. The van der Waals surface area contributed by atoms with Crippen LogP contribution in [0.2, 0.25) is 0 Å². The summed E-state index contributed by atoms with van der Waals surface area (Å²) in [5, 5.41) is 3.73. The Morgan fingerprint density at radius 3 is 2.41 bits per heavy atom. The molecule has 0 saturated carbocycles. The van der Waals surface area contributed by atoms with Crippen molar-refractivity contribution in [1.82, 2.24) is 14.9 Å². The SMILES string of the molecule is COC(=O)c1ccc(Cn2c(SCC(=O)NCc3ccccc3)nc3ccccc32)cc1. The second-order valence-corrected chi connectivity index (χ2v) is 8.15. The van der Waals surface area contributed by atoms with Crippen LogP contribution in [0.15, 0.2) is 84.0 Å². The lowest BCUT2D eigenvalue weighted by Gasteiger charge is -2.10. The molecule has 4 aromatic rings. The second-order valence-electron chi connectivity index (χ2n) is 7.21. The predicted molar refractivity (Wildman–Crippen MR) is 126 cm³/mol. The highest BCUT2D eigenvalue weighted by molar-refractivity contribution is 7.99. The third kappa shape index (κ3) is 5.18. The van der Waals surface area contributed by atoms with Gasteiger partial charge < -0.3 is 14.6 Å². The number of carbonyl (C=O) groups excluding carboxylic acids is 2. The van der Waals surface area contributed by atoms with E-state index in [2.05, 4.69) is 9.88 Å². The minimum absolute atomic E-state index is 0.0418. The molecule has 0 fully saturated rings. The molecule has 0 aliphatic carbocycles. The fraction of sp³-hybridized carbons (Fsp3) is 0.160. The Balaban J connectivity index is 1.47. The van der Waals surface area contributed by atoms with Crippen molar-refractivity contribution >= 4 is 34.7 Å². The Morgan fingerprint density at radius 1 is 0.938 bits per heavy atom. The molecule has 0 aliphatic rings. The van der Waals surface area contributed by atoms with Crippen LogP contribution in [0.4, 0.5) is 0 Å². The Morgan fingerprint density at radius 2 is 1.66 bits per heavy atom. The maximum Gasteiger partial charge on any atom is 0.337 e. The zero-order valence-corrected chi connectivity index (χ0v) is 18.5. The first-order chi connectivity index (χ1) is 15.6. The van der Waals surface area contributed by atoms with Crippen molar-refractivity contribution < 1.29 is 14.3 Å². The molecule has 0 spiro atoms. The number of fused-ring (bicyclic) bond motifs is 1. The molecular weight excluding hydrogens is 422 g/mol. The monoisotopic (exact) mass is 445 g/mol. The Kier molecular flexibility index (Phi) is 6.87. The average molecular weight is 446 g/mol. The van der Waals surface area contributed by atoms with Gasteiger partial charge in [-0.2, -0.15) is 0 Å². The number of nitrogens with one attached hydrogen (secondary N) is 1. The van der Waals surface area contributed by atoms with Gasteiger partial charge in [0.25, 0.3) is 0 Å². The van der Waals surface area contributed by atoms with E-state index in [0.29, 0.717) is 18.7 Å². The zero-order valence-electron chi connectivity index (χ0n) is 17.7. The van der Waals surface area contributed by atoms with E-state index in [-0.39, 0.29) is 17.6 Å². The van der Waals surface area contributed by atoms with Gasteiger partial charge in [0.15, 0.2) is 5.16 Å². The molecule has 0 atom stereocenters. The lowest BCUT2D eigenvalue weighted by atomic mass is 10.1. The van der Waals surface area contributed by atoms with Crippen LogP contribution in [0, 0.1) is 0 Å². The fourth-order valence-electron chi connectivity index (χ4n) is 3.34. The molecule has 0 saturated heterocycles. The van der Waals surface area contributed by atoms with Crippen LogP contribution in [0.1, 0.15) is 21.5 Å². The number of esters is 1. The molecule has 1 aromatic heterocycles. The largest absolute Gasteiger partial charge is 0.465 e. The molecule has 1 amide bonds. The quantitative estimate of drug-likeness (QED) is 0.324. The molecule has 3 aromatic carbocycles. The summed E-state index contributed by atoms with van der Waals surface area (Å²) >= 11 is 1.41. The van der Waals surface area contributed by atoms with Crippen molar-refractivity contribution in [3.05, 3.63) is 95.6 Å². The lowest BCUT2D eigenvalue weighted by molar-refractivity contribution is -0.118. The van der Waals surface area contributed by atoms with Crippen LogP contribution in [0.5, 0.6) is 0 Å². The van der Waals surface area contributed by atoms with Crippen LogP contribution in [-0.4, -0.2) is 34.3 Å². The topological polar surface area (TPSA) is 73.2 Å². The molecule has 1 heterocycles. The highest BCUT2D eigenvalue weighted by Crippen LogP contribution is 2.25. The number of ether oxygens (including phenoxy) is 1. The first-order valence-corrected chi connectivity index (χ1v) is 11.2. The van der Waals surface area contributed by atoms with E-state index in [1.807, 2.05) is 66.7 Å². The van der Waals surface area contributed by atoms with E-state index in [9.17, 15) is 9.59 Å². The number of thioether (sulfide) groups is 1. The first kappa shape index (κ1) is 21.6. The zero-order chi connectivity index (χ0) is 22.3. The summed E-state index contributed by atoms with van der Waals surface area (Å²) in [6.45, 7) is 1.08. The average Bonchev–Trinajstić information content (AvgIpc) is 3.19. The number of hydrogen-bond acceptors (Lipinski definition) is 5. The minimum atomic E-state index is -0.359. The number of benzene rings is 3. The van der Waals surface area contributed by atoms with Crippen LogP contribution in [-0.2, 0) is 22.6 Å². The van der Waals surface area contributed by atoms with Crippen molar-refractivity contribution in [2.75, 3.05) is 12.9 Å². The first-order valence-electron chi connectivity index (χ1n) is 10.2. The second kappa shape index (κ2) is 10.2. The van der Waals surface area contributed by atoms with Crippen LogP contribution >= 0.6 is 11.8 Å². The maximum atomic E-state index is 12.4. The predicted octanol–water partition coefficient (Wildman–Crippen LogP) is 4.28. The molecule has 162 valence electrons. The summed E-state index contributed by atoms with van der Waals surface area (Å²) < 4.78 is 6.86. The van der Waals surface area contributed by atoms with Crippen molar-refractivity contribution in [3.8, 4) is 0 Å². The van der Waals surface area contributed by atoms with E-state index in [0.717, 1.165) is 27.3 Å². The standard InChI is InChI=1S/C25H23N3O3S/c1-31-24(30)20-13-11-19(12-14-20)16-28-22-10-6-5-9-21(22)27-25(28)32-17-23(29)26-15-18-7-3-2-4-8-18/h2-14H,15-17H2,1H3,(H,26,29). The smallest absolute Gasteiger partial charge is 0.337 e. The third-order valence-corrected chi connectivity index (χ3v) is 5.98. The summed E-state index contributed by atoms with van der Waals surface area (Å²) in [6.07, 6.45) is 0. The molecular formula is C25H23N3O3S. The summed E-state index contributed by atoms with van der Waals surface area (Å²) in [4.78, 5) is 28.8. The number of rotatable bonds is 8. The molecule has 32 heavy (non-hydrogen) atoms. The Bertz CT molecular complexity index is 1220. The van der Waals surface area contributed by atoms with Gasteiger partial charge in [-0.3, -0.25) is 4.79 Å².